The summed E-state index contributed by atoms with van der Waals surface area (Å²) in [6, 6.07) is 8.03. The quantitative estimate of drug-likeness (QED) is 0.782. The molecule has 11 heavy (non-hydrogen) atoms. The van der Waals surface area contributed by atoms with E-state index in [-0.39, 0.29) is 0 Å². The maximum atomic E-state index is 5.09. The molecule has 60 valence electrons. The Bertz CT molecular complexity index is 229. The standard InChI is InChI=1S/C7H6Br2OS/c8-7-3-1-2-6(4-7)5-10-11-9/h1-4H,5H2. The van der Waals surface area contributed by atoms with Gasteiger partial charge >= 0.3 is 0 Å². The molecule has 0 spiro atoms. The van der Waals surface area contributed by atoms with E-state index in [1.54, 1.807) is 0 Å². The lowest BCUT2D eigenvalue weighted by molar-refractivity contribution is 0.370. The van der Waals surface area contributed by atoms with Gasteiger partial charge in [0.25, 0.3) is 0 Å². The molecule has 0 fully saturated rings. The van der Waals surface area contributed by atoms with Crippen LogP contribution in [0.15, 0.2) is 28.7 Å². The van der Waals surface area contributed by atoms with E-state index in [9.17, 15) is 0 Å². The molecule has 0 radical (unpaired) electrons. The molecule has 0 amide bonds. The zero-order valence-electron chi connectivity index (χ0n) is 5.59. The summed E-state index contributed by atoms with van der Waals surface area (Å²) < 4.78 is 6.17. The average Bonchev–Trinajstić information content (AvgIpc) is 2.01. The molecular weight excluding hydrogens is 292 g/mol. The molecule has 1 aromatic carbocycles. The molecular formula is C7H6Br2OS. The third-order valence-corrected chi connectivity index (χ3v) is 2.42. The molecule has 1 rings (SSSR count). The van der Waals surface area contributed by atoms with Crippen molar-refractivity contribution in [2.24, 2.45) is 0 Å². The smallest absolute Gasteiger partial charge is 0.0875 e. The fourth-order valence-electron chi connectivity index (χ4n) is 0.717. The van der Waals surface area contributed by atoms with Crippen molar-refractivity contribution < 1.29 is 4.18 Å². The van der Waals surface area contributed by atoms with E-state index < -0.39 is 0 Å². The van der Waals surface area contributed by atoms with Crippen LogP contribution in [0.3, 0.4) is 0 Å². The molecule has 0 saturated carbocycles. The highest BCUT2D eigenvalue weighted by Gasteiger charge is 1.92. The van der Waals surface area contributed by atoms with Crippen LogP contribution in [0.5, 0.6) is 0 Å². The summed E-state index contributed by atoms with van der Waals surface area (Å²) in [5.74, 6) is 0. The van der Waals surface area contributed by atoms with Crippen LogP contribution in [0.4, 0.5) is 0 Å². The molecule has 0 unspecified atom stereocenters. The van der Waals surface area contributed by atoms with Crippen molar-refractivity contribution in [1.82, 2.24) is 0 Å². The Morgan fingerprint density at radius 2 is 2.27 bits per heavy atom. The molecule has 0 aromatic heterocycles. The first-order valence-electron chi connectivity index (χ1n) is 2.97. The van der Waals surface area contributed by atoms with Gasteiger partial charge in [0.1, 0.15) is 0 Å². The minimum atomic E-state index is 0.620. The molecule has 4 heteroatoms. The van der Waals surface area contributed by atoms with E-state index in [0.29, 0.717) is 6.61 Å². The first kappa shape index (κ1) is 9.58. The van der Waals surface area contributed by atoms with E-state index in [1.165, 1.54) is 10.5 Å². The SMILES string of the molecule is BrSOCc1cccc(Br)c1. The van der Waals surface area contributed by atoms with Crippen molar-refractivity contribution in [3.63, 3.8) is 0 Å². The summed E-state index contributed by atoms with van der Waals surface area (Å²) in [4.78, 5) is 0. The Labute approximate surface area is 86.1 Å². The van der Waals surface area contributed by atoms with Gasteiger partial charge in [-0.2, -0.15) is 0 Å². The van der Waals surface area contributed by atoms with Crippen LogP contribution in [0.2, 0.25) is 0 Å². The summed E-state index contributed by atoms with van der Waals surface area (Å²) in [6.45, 7) is 0.620. The van der Waals surface area contributed by atoms with Gasteiger partial charge in [-0.3, -0.25) is 4.18 Å². The lowest BCUT2D eigenvalue weighted by atomic mass is 10.2. The van der Waals surface area contributed by atoms with Gasteiger partial charge in [-0.15, -0.1) is 0 Å². The van der Waals surface area contributed by atoms with Crippen molar-refractivity contribution in [2.45, 2.75) is 6.61 Å². The number of hydrogen-bond acceptors (Lipinski definition) is 2. The maximum absolute atomic E-state index is 5.09. The molecule has 0 heterocycles. The Balaban J connectivity index is 2.56. The lowest BCUT2D eigenvalue weighted by Gasteiger charge is -1.98. The molecule has 0 aliphatic carbocycles. The van der Waals surface area contributed by atoms with Gasteiger partial charge in [0.15, 0.2) is 0 Å². The minimum Gasteiger partial charge on any atom is -0.300 e. The predicted octanol–water partition coefficient (Wildman–Crippen LogP) is 3.92. The molecule has 0 N–H and O–H groups in total. The van der Waals surface area contributed by atoms with Gasteiger partial charge in [-0.25, -0.2) is 0 Å². The fraction of sp³-hybridized carbons (Fsp3) is 0.143. The van der Waals surface area contributed by atoms with Crippen molar-refractivity contribution in [3.05, 3.63) is 34.3 Å². The van der Waals surface area contributed by atoms with Crippen molar-refractivity contribution in [1.29, 1.82) is 0 Å². The largest absolute Gasteiger partial charge is 0.300 e. The van der Waals surface area contributed by atoms with E-state index in [0.717, 1.165) is 10.0 Å². The van der Waals surface area contributed by atoms with Crippen LogP contribution >= 0.6 is 41.2 Å². The number of halogens is 2. The average molecular weight is 298 g/mol. The Kier molecular flexibility index (Phi) is 4.52. The van der Waals surface area contributed by atoms with Gasteiger partial charge < -0.3 is 0 Å². The maximum Gasteiger partial charge on any atom is 0.0875 e. The number of hydrogen-bond donors (Lipinski definition) is 0. The molecule has 0 bridgehead atoms. The van der Waals surface area contributed by atoms with Gasteiger partial charge in [-0.1, -0.05) is 28.1 Å². The molecule has 1 nitrogen and oxygen atoms in total. The van der Waals surface area contributed by atoms with E-state index >= 15 is 0 Å². The van der Waals surface area contributed by atoms with Gasteiger partial charge in [-0.05, 0) is 17.7 Å². The van der Waals surface area contributed by atoms with Crippen molar-refractivity contribution in [2.75, 3.05) is 0 Å². The normalized spacial score (nSPS) is 10.0. The fourth-order valence-corrected chi connectivity index (χ4v) is 1.62. The van der Waals surface area contributed by atoms with Crippen LogP contribution < -0.4 is 0 Å². The molecule has 0 atom stereocenters. The van der Waals surface area contributed by atoms with Gasteiger partial charge in [0.05, 0.1) is 17.1 Å². The second-order valence-electron chi connectivity index (χ2n) is 1.96. The summed E-state index contributed by atoms with van der Waals surface area (Å²) >= 11 is 6.49. The first-order valence-corrected chi connectivity index (χ1v) is 6.35. The molecule has 1 aromatic rings. The Hall–Kier alpha value is 0.490. The summed E-state index contributed by atoms with van der Waals surface area (Å²) in [5.41, 5.74) is 1.16. The summed E-state index contributed by atoms with van der Waals surface area (Å²) in [6.07, 6.45) is 0. The van der Waals surface area contributed by atoms with Gasteiger partial charge in [0, 0.05) is 19.3 Å². The molecule has 0 aliphatic rings. The van der Waals surface area contributed by atoms with E-state index in [4.69, 9.17) is 4.18 Å². The zero-order chi connectivity index (χ0) is 8.10. The van der Waals surface area contributed by atoms with Crippen LogP contribution in [0.25, 0.3) is 0 Å². The highest BCUT2D eigenvalue weighted by atomic mass is 79.9. The third-order valence-electron chi connectivity index (χ3n) is 1.16. The first-order chi connectivity index (χ1) is 5.33. The summed E-state index contributed by atoms with van der Waals surface area (Å²) in [5, 5.41) is 0. The topological polar surface area (TPSA) is 9.23 Å². The van der Waals surface area contributed by atoms with Crippen LogP contribution in [0.1, 0.15) is 5.56 Å². The van der Waals surface area contributed by atoms with Gasteiger partial charge in [0.2, 0.25) is 0 Å². The van der Waals surface area contributed by atoms with E-state index in [1.807, 2.05) is 24.3 Å². The van der Waals surface area contributed by atoms with Crippen LogP contribution in [-0.4, -0.2) is 0 Å². The van der Waals surface area contributed by atoms with Crippen molar-refractivity contribution >= 4 is 41.2 Å². The van der Waals surface area contributed by atoms with E-state index in [2.05, 4.69) is 30.7 Å². The van der Waals surface area contributed by atoms with Crippen molar-refractivity contribution in [3.8, 4) is 0 Å². The predicted molar refractivity (Wildman–Crippen MR) is 55.4 cm³/mol. The zero-order valence-corrected chi connectivity index (χ0v) is 9.58. The highest BCUT2D eigenvalue weighted by molar-refractivity contribution is 9.49. The monoisotopic (exact) mass is 296 g/mol. The second kappa shape index (κ2) is 5.19. The highest BCUT2D eigenvalue weighted by Crippen LogP contribution is 2.17. The summed E-state index contributed by atoms with van der Waals surface area (Å²) in [7, 11) is 1.20. The minimum absolute atomic E-state index is 0.620. The number of benzene rings is 1. The lowest BCUT2D eigenvalue weighted by Crippen LogP contribution is -1.83. The Morgan fingerprint density at radius 1 is 1.45 bits per heavy atom. The molecule has 0 aliphatic heterocycles. The van der Waals surface area contributed by atoms with Crippen LogP contribution in [0, 0.1) is 0 Å². The van der Waals surface area contributed by atoms with Crippen LogP contribution in [-0.2, 0) is 10.8 Å². The Morgan fingerprint density at radius 3 is 2.91 bits per heavy atom. The third kappa shape index (κ3) is 3.60. The second-order valence-corrected chi connectivity index (χ2v) is 4.03. The number of rotatable bonds is 3. The molecule has 0 saturated heterocycles.